The highest BCUT2D eigenvalue weighted by Gasteiger charge is 2.13. The summed E-state index contributed by atoms with van der Waals surface area (Å²) < 4.78 is 5.49. The fourth-order valence-corrected chi connectivity index (χ4v) is 3.09. The van der Waals surface area contributed by atoms with Gasteiger partial charge in [-0.25, -0.2) is 0 Å². The van der Waals surface area contributed by atoms with Crippen molar-refractivity contribution in [2.75, 3.05) is 18.5 Å². The van der Waals surface area contributed by atoms with Gasteiger partial charge in [0.05, 0.1) is 17.7 Å². The fraction of sp³-hybridized carbons (Fsp3) is 0.160. The minimum Gasteiger partial charge on any atom is -0.484 e. The maximum atomic E-state index is 12.6. The third-order valence-corrected chi connectivity index (χ3v) is 4.66. The molecule has 164 valence electrons. The van der Waals surface area contributed by atoms with Gasteiger partial charge in [-0.05, 0) is 41.8 Å². The Bertz CT molecular complexity index is 1070. The summed E-state index contributed by atoms with van der Waals surface area (Å²) in [6, 6.07) is 23.5. The van der Waals surface area contributed by atoms with Gasteiger partial charge in [0.25, 0.3) is 11.8 Å². The van der Waals surface area contributed by atoms with E-state index < -0.39 is 11.8 Å². The number of carbonyl (C=O) groups is 3. The van der Waals surface area contributed by atoms with Crippen LogP contribution in [0.3, 0.4) is 0 Å². The highest BCUT2D eigenvalue weighted by molar-refractivity contribution is 6.04. The predicted octanol–water partition coefficient (Wildman–Crippen LogP) is 2.70. The van der Waals surface area contributed by atoms with Crippen molar-refractivity contribution in [3.8, 4) is 5.75 Å². The van der Waals surface area contributed by atoms with Gasteiger partial charge in [0.15, 0.2) is 6.61 Å². The average molecular weight is 431 g/mol. The van der Waals surface area contributed by atoms with Gasteiger partial charge in [0, 0.05) is 6.54 Å². The van der Waals surface area contributed by atoms with Gasteiger partial charge < -0.3 is 21.1 Å². The van der Waals surface area contributed by atoms with Crippen LogP contribution in [0.4, 0.5) is 5.69 Å². The van der Waals surface area contributed by atoms with Gasteiger partial charge in [0.2, 0.25) is 5.91 Å². The number of rotatable bonds is 10. The summed E-state index contributed by atoms with van der Waals surface area (Å²) in [6.07, 6.45) is 0.859. The molecule has 4 N–H and O–H groups in total. The average Bonchev–Trinajstić information content (AvgIpc) is 2.79. The number of primary amides is 1. The van der Waals surface area contributed by atoms with Crippen LogP contribution in [0, 0.1) is 0 Å². The summed E-state index contributed by atoms with van der Waals surface area (Å²) in [5, 5.41) is 5.60. The van der Waals surface area contributed by atoms with Crippen molar-refractivity contribution < 1.29 is 19.1 Å². The van der Waals surface area contributed by atoms with Gasteiger partial charge in [-0.3, -0.25) is 14.4 Å². The molecule has 0 fully saturated rings. The fourth-order valence-electron chi connectivity index (χ4n) is 3.09. The lowest BCUT2D eigenvalue weighted by molar-refractivity contribution is -0.118. The van der Waals surface area contributed by atoms with Crippen LogP contribution in [0.2, 0.25) is 0 Å². The predicted molar refractivity (Wildman–Crippen MR) is 122 cm³/mol. The van der Waals surface area contributed by atoms with Gasteiger partial charge in [-0.15, -0.1) is 0 Å². The summed E-state index contributed by atoms with van der Waals surface area (Å²) in [6.45, 7) is 0.263. The lowest BCUT2D eigenvalue weighted by atomic mass is 10.1. The van der Waals surface area contributed by atoms with Crippen LogP contribution >= 0.6 is 0 Å². The first kappa shape index (κ1) is 22.6. The number of nitrogens with two attached hydrogens (primary N) is 1. The summed E-state index contributed by atoms with van der Waals surface area (Å²) in [4.78, 5) is 35.9. The third kappa shape index (κ3) is 6.98. The molecule has 0 saturated carbocycles. The quantitative estimate of drug-likeness (QED) is 0.458. The molecule has 7 nitrogen and oxygen atoms in total. The Kier molecular flexibility index (Phi) is 7.97. The minimum absolute atomic E-state index is 0.144. The van der Waals surface area contributed by atoms with Crippen LogP contribution in [0.15, 0.2) is 78.9 Å². The first-order chi connectivity index (χ1) is 15.5. The largest absolute Gasteiger partial charge is 0.484 e. The van der Waals surface area contributed by atoms with Crippen LogP contribution in [0.5, 0.6) is 5.75 Å². The number of hydrogen-bond acceptors (Lipinski definition) is 4. The lowest BCUT2D eigenvalue weighted by Gasteiger charge is -2.12. The van der Waals surface area contributed by atoms with Gasteiger partial charge in [-0.2, -0.15) is 0 Å². The molecular formula is C25H25N3O4. The second-order valence-corrected chi connectivity index (χ2v) is 7.16. The molecule has 0 spiro atoms. The number of benzene rings is 3. The van der Waals surface area contributed by atoms with Gasteiger partial charge >= 0.3 is 0 Å². The van der Waals surface area contributed by atoms with E-state index in [1.807, 2.05) is 30.3 Å². The number of amides is 3. The lowest BCUT2D eigenvalue weighted by Crippen LogP contribution is -2.28. The zero-order valence-electron chi connectivity index (χ0n) is 17.5. The molecule has 0 saturated heterocycles. The molecular weight excluding hydrogens is 406 g/mol. The molecule has 3 amide bonds. The SMILES string of the molecule is NC(=O)Cc1ccc(OCC(=O)Nc2ccccc2C(=O)NCCc2ccccc2)cc1. The molecule has 7 heteroatoms. The van der Waals surface area contributed by atoms with E-state index in [2.05, 4.69) is 10.6 Å². The van der Waals surface area contributed by atoms with Crippen molar-refractivity contribution in [1.82, 2.24) is 5.32 Å². The van der Waals surface area contributed by atoms with E-state index in [0.717, 1.165) is 11.1 Å². The Balaban J connectivity index is 1.51. The summed E-state index contributed by atoms with van der Waals surface area (Å²) in [7, 11) is 0. The Morgan fingerprint density at radius 1 is 0.812 bits per heavy atom. The molecule has 0 aliphatic heterocycles. The molecule has 0 aliphatic carbocycles. The van der Waals surface area contributed by atoms with Crippen molar-refractivity contribution in [2.45, 2.75) is 12.8 Å². The zero-order chi connectivity index (χ0) is 22.8. The van der Waals surface area contributed by atoms with Crippen LogP contribution in [0.1, 0.15) is 21.5 Å². The minimum atomic E-state index is -0.416. The van der Waals surface area contributed by atoms with Crippen LogP contribution in [0.25, 0.3) is 0 Å². The molecule has 0 atom stereocenters. The van der Waals surface area contributed by atoms with E-state index in [4.69, 9.17) is 10.5 Å². The maximum Gasteiger partial charge on any atom is 0.262 e. The molecule has 0 aliphatic rings. The number of carbonyl (C=O) groups excluding carboxylic acids is 3. The van der Waals surface area contributed by atoms with Crippen molar-refractivity contribution >= 4 is 23.4 Å². The highest BCUT2D eigenvalue weighted by atomic mass is 16.5. The standard InChI is InChI=1S/C25H25N3O4/c26-23(29)16-19-10-12-20(13-11-19)32-17-24(30)28-22-9-5-4-8-21(22)25(31)27-15-14-18-6-2-1-3-7-18/h1-13H,14-17H2,(H2,26,29)(H,27,31)(H,28,30). The summed E-state index contributed by atoms with van der Waals surface area (Å²) in [5.41, 5.74) is 7.86. The molecule has 0 unspecified atom stereocenters. The molecule has 3 aromatic rings. The Morgan fingerprint density at radius 3 is 2.22 bits per heavy atom. The smallest absolute Gasteiger partial charge is 0.262 e. The first-order valence-corrected chi connectivity index (χ1v) is 10.2. The number of anilines is 1. The molecule has 0 bridgehead atoms. The van der Waals surface area contributed by atoms with E-state index in [1.165, 1.54) is 0 Å². The number of para-hydroxylation sites is 1. The zero-order valence-corrected chi connectivity index (χ0v) is 17.5. The van der Waals surface area contributed by atoms with Crippen LogP contribution in [-0.4, -0.2) is 30.9 Å². The van der Waals surface area contributed by atoms with Crippen molar-refractivity contribution in [2.24, 2.45) is 5.73 Å². The normalized spacial score (nSPS) is 10.2. The number of ether oxygens (including phenoxy) is 1. The van der Waals surface area contributed by atoms with E-state index >= 15 is 0 Å². The molecule has 0 radical (unpaired) electrons. The monoisotopic (exact) mass is 431 g/mol. The van der Waals surface area contributed by atoms with Crippen molar-refractivity contribution in [3.63, 3.8) is 0 Å². The van der Waals surface area contributed by atoms with Crippen molar-refractivity contribution in [3.05, 3.63) is 95.6 Å². The van der Waals surface area contributed by atoms with Crippen LogP contribution < -0.4 is 21.1 Å². The maximum absolute atomic E-state index is 12.6. The van der Waals surface area contributed by atoms with Crippen molar-refractivity contribution in [1.29, 1.82) is 0 Å². The molecule has 32 heavy (non-hydrogen) atoms. The van der Waals surface area contributed by atoms with E-state index in [-0.39, 0.29) is 18.9 Å². The molecule has 0 aromatic heterocycles. The number of nitrogens with one attached hydrogen (secondary N) is 2. The summed E-state index contributed by atoms with van der Waals surface area (Å²) in [5.74, 6) is -0.584. The third-order valence-electron chi connectivity index (χ3n) is 4.66. The van der Waals surface area contributed by atoms with Gasteiger partial charge in [-0.1, -0.05) is 54.6 Å². The summed E-state index contributed by atoms with van der Waals surface area (Å²) >= 11 is 0. The van der Waals surface area contributed by atoms with E-state index in [0.29, 0.717) is 30.0 Å². The highest BCUT2D eigenvalue weighted by Crippen LogP contribution is 2.16. The molecule has 3 rings (SSSR count). The Hall–Kier alpha value is -4.13. The second kappa shape index (κ2) is 11.3. The Labute approximate surface area is 186 Å². The molecule has 3 aromatic carbocycles. The number of hydrogen-bond donors (Lipinski definition) is 3. The molecule has 0 heterocycles. The van der Waals surface area contributed by atoms with Crippen LogP contribution in [-0.2, 0) is 22.4 Å². The second-order valence-electron chi connectivity index (χ2n) is 7.16. The first-order valence-electron chi connectivity index (χ1n) is 10.2. The Morgan fingerprint density at radius 2 is 1.50 bits per heavy atom. The van der Waals surface area contributed by atoms with Gasteiger partial charge in [0.1, 0.15) is 5.75 Å². The topological polar surface area (TPSA) is 111 Å². The van der Waals surface area contributed by atoms with E-state index in [9.17, 15) is 14.4 Å². The van der Waals surface area contributed by atoms with E-state index in [1.54, 1.807) is 48.5 Å².